The molecular weight excluding hydrogens is 384 g/mol. The lowest BCUT2D eigenvalue weighted by molar-refractivity contribution is -0.143. The predicted molar refractivity (Wildman–Crippen MR) is 83.2 cm³/mol. The molecule has 26 heavy (non-hydrogen) atoms. The van der Waals surface area contributed by atoms with E-state index in [0.29, 0.717) is 23.3 Å². The molecule has 0 aliphatic carbocycles. The minimum Gasteiger partial charge on any atom is -0.280 e. The van der Waals surface area contributed by atoms with E-state index in [-0.39, 0.29) is 11.0 Å². The molecule has 0 aliphatic heterocycles. The topological polar surface area (TPSA) is 46.2 Å². The second kappa shape index (κ2) is 6.49. The number of alkyl halides is 6. The highest BCUT2D eigenvalue weighted by atomic mass is 32.2. The van der Waals surface area contributed by atoms with Crippen molar-refractivity contribution < 1.29 is 34.8 Å². The third kappa shape index (κ3) is 4.48. The minimum atomic E-state index is -5.07. The number of aryl methyl sites for hydroxylation is 2. The van der Waals surface area contributed by atoms with Gasteiger partial charge in [0.15, 0.2) is 0 Å². The molecule has 2 aromatic rings. The van der Waals surface area contributed by atoms with Crippen LogP contribution in [0.2, 0.25) is 0 Å². The number of anilines is 1. The highest BCUT2D eigenvalue weighted by Crippen LogP contribution is 2.38. The van der Waals surface area contributed by atoms with E-state index in [1.165, 1.54) is 19.1 Å². The van der Waals surface area contributed by atoms with Gasteiger partial charge in [-0.25, -0.2) is 8.42 Å². The van der Waals surface area contributed by atoms with Crippen LogP contribution in [0.3, 0.4) is 0 Å². The van der Waals surface area contributed by atoms with Crippen LogP contribution in [0.4, 0.5) is 32.0 Å². The third-order valence-electron chi connectivity index (χ3n) is 3.47. The fourth-order valence-corrected chi connectivity index (χ4v) is 3.59. The molecule has 2 aromatic carbocycles. The first-order valence-corrected chi connectivity index (χ1v) is 8.58. The molecule has 0 saturated carbocycles. The van der Waals surface area contributed by atoms with Crippen LogP contribution >= 0.6 is 0 Å². The molecule has 0 atom stereocenters. The Bertz CT molecular complexity index is 900. The van der Waals surface area contributed by atoms with Crippen LogP contribution < -0.4 is 4.72 Å². The Morgan fingerprint density at radius 1 is 0.808 bits per heavy atom. The fraction of sp³-hybridized carbons (Fsp3) is 0.250. The molecule has 0 radical (unpaired) electrons. The first-order chi connectivity index (χ1) is 11.7. The molecule has 0 aromatic heterocycles. The molecule has 0 heterocycles. The maximum atomic E-state index is 12.9. The van der Waals surface area contributed by atoms with Crippen molar-refractivity contribution in [3.05, 3.63) is 58.7 Å². The Morgan fingerprint density at radius 3 is 1.77 bits per heavy atom. The summed E-state index contributed by atoms with van der Waals surface area (Å²) in [5, 5.41) is 0. The Labute approximate surface area is 145 Å². The zero-order valence-corrected chi connectivity index (χ0v) is 14.3. The SMILES string of the molecule is Cc1ccc(C)c(S(=O)(=O)Nc2cc(C(F)(F)F)cc(C(F)(F)F)c2)c1. The van der Waals surface area contributed by atoms with Crippen molar-refractivity contribution in [1.82, 2.24) is 0 Å². The van der Waals surface area contributed by atoms with E-state index in [9.17, 15) is 34.8 Å². The van der Waals surface area contributed by atoms with Crippen LogP contribution in [0.5, 0.6) is 0 Å². The van der Waals surface area contributed by atoms with Gasteiger partial charge in [0, 0.05) is 0 Å². The van der Waals surface area contributed by atoms with Gasteiger partial charge in [0.05, 0.1) is 21.7 Å². The molecule has 2 rings (SSSR count). The van der Waals surface area contributed by atoms with Gasteiger partial charge in [0.1, 0.15) is 0 Å². The van der Waals surface area contributed by atoms with E-state index in [4.69, 9.17) is 0 Å². The van der Waals surface area contributed by atoms with Crippen LogP contribution in [0, 0.1) is 13.8 Å². The molecule has 3 nitrogen and oxygen atoms in total. The Kier molecular flexibility index (Phi) is 5.02. The number of benzene rings is 2. The number of sulfonamides is 1. The first kappa shape index (κ1) is 20.1. The van der Waals surface area contributed by atoms with E-state index in [2.05, 4.69) is 0 Å². The Morgan fingerprint density at radius 2 is 1.31 bits per heavy atom. The van der Waals surface area contributed by atoms with Crippen molar-refractivity contribution in [3.8, 4) is 0 Å². The lowest BCUT2D eigenvalue weighted by Gasteiger charge is -2.16. The van der Waals surface area contributed by atoms with E-state index >= 15 is 0 Å². The smallest absolute Gasteiger partial charge is 0.280 e. The molecule has 0 aliphatic rings. The number of halogens is 6. The molecule has 0 saturated heterocycles. The molecular formula is C16H13F6NO2S. The number of nitrogens with one attached hydrogen (secondary N) is 1. The van der Waals surface area contributed by atoms with E-state index < -0.39 is 39.2 Å². The van der Waals surface area contributed by atoms with Crippen LogP contribution in [0.25, 0.3) is 0 Å². The van der Waals surface area contributed by atoms with Gasteiger partial charge < -0.3 is 0 Å². The van der Waals surface area contributed by atoms with E-state index in [1.54, 1.807) is 17.7 Å². The first-order valence-electron chi connectivity index (χ1n) is 7.10. The monoisotopic (exact) mass is 397 g/mol. The maximum absolute atomic E-state index is 12.9. The summed E-state index contributed by atoms with van der Waals surface area (Å²) in [6, 6.07) is 4.94. The summed E-state index contributed by atoms with van der Waals surface area (Å²) in [6.07, 6.45) is -10.1. The van der Waals surface area contributed by atoms with Crippen molar-refractivity contribution in [1.29, 1.82) is 0 Å². The van der Waals surface area contributed by atoms with Gasteiger partial charge in [0.25, 0.3) is 10.0 Å². The molecule has 0 spiro atoms. The third-order valence-corrected chi connectivity index (χ3v) is 5.00. The lowest BCUT2D eigenvalue weighted by Crippen LogP contribution is -2.17. The van der Waals surface area contributed by atoms with Crippen molar-refractivity contribution in [3.63, 3.8) is 0 Å². The number of hydrogen-bond donors (Lipinski definition) is 1. The second-order valence-electron chi connectivity index (χ2n) is 5.67. The normalized spacial score (nSPS) is 12.9. The summed E-state index contributed by atoms with van der Waals surface area (Å²) in [5.41, 5.74) is -3.17. The van der Waals surface area contributed by atoms with Gasteiger partial charge in [-0.15, -0.1) is 0 Å². The molecule has 0 amide bonds. The van der Waals surface area contributed by atoms with Crippen LogP contribution in [-0.2, 0) is 22.4 Å². The molecule has 10 heteroatoms. The van der Waals surface area contributed by atoms with Crippen molar-refractivity contribution in [2.45, 2.75) is 31.1 Å². The van der Waals surface area contributed by atoms with Crippen molar-refractivity contribution >= 4 is 15.7 Å². The lowest BCUT2D eigenvalue weighted by atomic mass is 10.1. The largest absolute Gasteiger partial charge is 0.416 e. The fourth-order valence-electron chi connectivity index (χ4n) is 2.22. The van der Waals surface area contributed by atoms with Crippen LogP contribution in [0.1, 0.15) is 22.3 Å². The van der Waals surface area contributed by atoms with E-state index in [0.717, 1.165) is 0 Å². The van der Waals surface area contributed by atoms with E-state index in [1.807, 2.05) is 0 Å². The maximum Gasteiger partial charge on any atom is 0.416 e. The predicted octanol–water partition coefficient (Wildman–Crippen LogP) is 5.14. The van der Waals surface area contributed by atoms with Gasteiger partial charge in [0.2, 0.25) is 0 Å². The highest BCUT2D eigenvalue weighted by molar-refractivity contribution is 7.92. The highest BCUT2D eigenvalue weighted by Gasteiger charge is 2.37. The number of rotatable bonds is 3. The van der Waals surface area contributed by atoms with Gasteiger partial charge in [-0.05, 0) is 49.2 Å². The zero-order chi connectivity index (χ0) is 19.9. The van der Waals surface area contributed by atoms with Gasteiger partial charge in [-0.2, -0.15) is 26.3 Å². The Balaban J connectivity index is 2.56. The summed E-state index contributed by atoms with van der Waals surface area (Å²) in [6.45, 7) is 3.06. The summed E-state index contributed by atoms with van der Waals surface area (Å²) in [5.74, 6) is 0. The minimum absolute atomic E-state index is 0.0737. The quantitative estimate of drug-likeness (QED) is 0.729. The van der Waals surface area contributed by atoms with Crippen molar-refractivity contribution in [2.75, 3.05) is 4.72 Å². The average Bonchev–Trinajstić information content (AvgIpc) is 2.47. The van der Waals surface area contributed by atoms with Crippen LogP contribution in [-0.4, -0.2) is 8.42 Å². The summed E-state index contributed by atoms with van der Waals surface area (Å²) < 4.78 is 104. The van der Waals surface area contributed by atoms with Gasteiger partial charge in [-0.1, -0.05) is 12.1 Å². The molecule has 0 unspecified atom stereocenters. The zero-order valence-electron chi connectivity index (χ0n) is 13.5. The Hall–Kier alpha value is -2.23. The molecule has 1 N–H and O–H groups in total. The standard InChI is InChI=1S/C16H13F6NO2S/c1-9-3-4-10(2)14(5-9)26(24,25)23-13-7-11(15(17,18)19)6-12(8-13)16(20,21)22/h3-8,23H,1-2H3. The van der Waals surface area contributed by atoms with Gasteiger partial charge >= 0.3 is 12.4 Å². The second-order valence-corrected chi connectivity index (χ2v) is 7.32. The van der Waals surface area contributed by atoms with Crippen LogP contribution in [0.15, 0.2) is 41.3 Å². The molecule has 142 valence electrons. The molecule has 0 bridgehead atoms. The summed E-state index contributed by atoms with van der Waals surface area (Å²) in [7, 11) is -4.38. The summed E-state index contributed by atoms with van der Waals surface area (Å²) >= 11 is 0. The van der Waals surface area contributed by atoms with Crippen molar-refractivity contribution in [2.24, 2.45) is 0 Å². The average molecular weight is 397 g/mol. The van der Waals surface area contributed by atoms with Gasteiger partial charge in [-0.3, -0.25) is 4.72 Å². The molecule has 0 fully saturated rings. The number of hydrogen-bond acceptors (Lipinski definition) is 2. The summed E-state index contributed by atoms with van der Waals surface area (Å²) in [4.78, 5) is -0.233.